The summed E-state index contributed by atoms with van der Waals surface area (Å²) in [5, 5.41) is 9.18. The van der Waals surface area contributed by atoms with Crippen molar-refractivity contribution in [2.45, 2.75) is 13.2 Å². The Morgan fingerprint density at radius 3 is 2.24 bits per heavy atom. The fraction of sp³-hybridized carbons (Fsp3) is 0.333. The molecule has 0 aliphatic heterocycles. The van der Waals surface area contributed by atoms with Crippen LogP contribution in [0.15, 0.2) is 24.3 Å². The lowest BCUT2D eigenvalue weighted by Crippen LogP contribution is -2.22. The predicted molar refractivity (Wildman–Crippen MR) is 59.7 cm³/mol. The number of benzene rings is 1. The third-order valence-corrected chi connectivity index (χ3v) is 2.13. The average molecular weight is 238 g/mol. The van der Waals surface area contributed by atoms with Gasteiger partial charge >= 0.3 is 5.97 Å². The summed E-state index contributed by atoms with van der Waals surface area (Å²) in [6, 6.07) is 5.81. The summed E-state index contributed by atoms with van der Waals surface area (Å²) >= 11 is 0. The fourth-order valence-corrected chi connectivity index (χ4v) is 1.23. The van der Waals surface area contributed by atoms with Gasteiger partial charge in [-0.25, -0.2) is 4.79 Å². The minimum atomic E-state index is -1.48. The molecule has 0 spiro atoms. The number of ether oxygens (including phenoxy) is 2. The van der Waals surface area contributed by atoms with E-state index in [4.69, 9.17) is 4.74 Å². The van der Waals surface area contributed by atoms with E-state index in [1.165, 1.54) is 31.4 Å². The molecular formula is C12H14O5. The van der Waals surface area contributed by atoms with Crippen molar-refractivity contribution in [2.24, 2.45) is 0 Å². The Morgan fingerprint density at radius 1 is 1.24 bits per heavy atom. The second-order valence-electron chi connectivity index (χ2n) is 3.25. The number of hydrogen-bond donors (Lipinski definition) is 1. The summed E-state index contributed by atoms with van der Waals surface area (Å²) in [5.74, 6) is -0.998. The summed E-state index contributed by atoms with van der Waals surface area (Å²) in [7, 11) is 1.23. The van der Waals surface area contributed by atoms with E-state index in [1.54, 1.807) is 6.92 Å². The van der Waals surface area contributed by atoms with Crippen molar-refractivity contribution in [3.8, 4) is 0 Å². The van der Waals surface area contributed by atoms with E-state index in [2.05, 4.69) is 4.74 Å². The standard InChI is InChI=1S/C12H14O5/c1-3-17-11(14)9-6-4-8(5-7-9)10(13)12(15)16-2/h4-7,12,15H,3H2,1-2H3. The van der Waals surface area contributed by atoms with E-state index in [0.29, 0.717) is 12.2 Å². The summed E-state index contributed by atoms with van der Waals surface area (Å²) in [4.78, 5) is 22.8. The van der Waals surface area contributed by atoms with E-state index in [0.717, 1.165) is 0 Å². The van der Waals surface area contributed by atoms with E-state index < -0.39 is 18.0 Å². The Bertz CT molecular complexity index is 396. The summed E-state index contributed by atoms with van der Waals surface area (Å²) in [6.07, 6.45) is -1.48. The monoisotopic (exact) mass is 238 g/mol. The van der Waals surface area contributed by atoms with Crippen LogP contribution in [0.2, 0.25) is 0 Å². The van der Waals surface area contributed by atoms with E-state index >= 15 is 0 Å². The Kier molecular flexibility index (Phi) is 4.81. The topological polar surface area (TPSA) is 72.8 Å². The number of aliphatic hydroxyl groups excluding tert-OH is 1. The molecule has 0 bridgehead atoms. The summed E-state index contributed by atoms with van der Waals surface area (Å²) < 4.78 is 9.30. The molecule has 0 aliphatic rings. The van der Waals surface area contributed by atoms with Crippen LogP contribution in [0.5, 0.6) is 0 Å². The molecular weight excluding hydrogens is 224 g/mol. The molecule has 0 amide bonds. The maximum absolute atomic E-state index is 11.5. The van der Waals surface area contributed by atoms with Crippen LogP contribution in [0.25, 0.3) is 0 Å². The van der Waals surface area contributed by atoms with Crippen LogP contribution in [-0.2, 0) is 9.47 Å². The zero-order valence-electron chi connectivity index (χ0n) is 9.67. The first-order valence-electron chi connectivity index (χ1n) is 5.12. The van der Waals surface area contributed by atoms with Crippen molar-refractivity contribution in [1.29, 1.82) is 0 Å². The number of hydrogen-bond acceptors (Lipinski definition) is 5. The Morgan fingerprint density at radius 2 is 1.76 bits per heavy atom. The number of rotatable bonds is 5. The highest BCUT2D eigenvalue weighted by molar-refractivity contribution is 5.99. The zero-order valence-corrected chi connectivity index (χ0v) is 9.67. The molecule has 5 nitrogen and oxygen atoms in total. The quantitative estimate of drug-likeness (QED) is 0.471. The summed E-state index contributed by atoms with van der Waals surface area (Å²) in [6.45, 7) is 2.01. The summed E-state index contributed by atoms with van der Waals surface area (Å²) in [5.41, 5.74) is 0.628. The highest BCUT2D eigenvalue weighted by Gasteiger charge is 2.16. The second kappa shape index (κ2) is 6.12. The maximum atomic E-state index is 11.5. The molecule has 0 aromatic heterocycles. The molecule has 0 aliphatic carbocycles. The molecule has 17 heavy (non-hydrogen) atoms. The van der Waals surface area contributed by atoms with Gasteiger partial charge in [0.2, 0.25) is 12.1 Å². The van der Waals surface area contributed by atoms with Gasteiger partial charge < -0.3 is 14.6 Å². The number of carbonyl (C=O) groups is 2. The van der Waals surface area contributed by atoms with Crippen molar-refractivity contribution in [1.82, 2.24) is 0 Å². The van der Waals surface area contributed by atoms with Crippen molar-refractivity contribution in [3.63, 3.8) is 0 Å². The molecule has 0 saturated heterocycles. The molecule has 1 aromatic carbocycles. The molecule has 1 aromatic rings. The van der Waals surface area contributed by atoms with Gasteiger partial charge in [-0.3, -0.25) is 4.79 Å². The molecule has 0 fully saturated rings. The van der Waals surface area contributed by atoms with Crippen LogP contribution in [0, 0.1) is 0 Å². The van der Waals surface area contributed by atoms with Gasteiger partial charge in [0.25, 0.3) is 0 Å². The van der Waals surface area contributed by atoms with Gasteiger partial charge in [0.05, 0.1) is 12.2 Å². The normalized spacial score (nSPS) is 11.9. The van der Waals surface area contributed by atoms with Gasteiger partial charge in [-0.05, 0) is 19.1 Å². The van der Waals surface area contributed by atoms with Crippen molar-refractivity contribution >= 4 is 11.8 Å². The number of methoxy groups -OCH3 is 1. The zero-order chi connectivity index (χ0) is 12.8. The largest absolute Gasteiger partial charge is 0.462 e. The highest BCUT2D eigenvalue weighted by Crippen LogP contribution is 2.08. The predicted octanol–water partition coefficient (Wildman–Crippen LogP) is 1.01. The van der Waals surface area contributed by atoms with Gasteiger partial charge in [-0.1, -0.05) is 12.1 Å². The van der Waals surface area contributed by atoms with Crippen LogP contribution in [0.4, 0.5) is 0 Å². The first kappa shape index (κ1) is 13.3. The van der Waals surface area contributed by atoms with E-state index in [1.807, 2.05) is 0 Å². The van der Waals surface area contributed by atoms with Gasteiger partial charge in [0, 0.05) is 12.7 Å². The number of ketones is 1. The number of Topliss-reactive ketones (excluding diaryl/α,β-unsaturated/α-hetero) is 1. The SMILES string of the molecule is CCOC(=O)c1ccc(C(=O)C(O)OC)cc1. The minimum Gasteiger partial charge on any atom is -0.462 e. The van der Waals surface area contributed by atoms with Crippen LogP contribution >= 0.6 is 0 Å². The van der Waals surface area contributed by atoms with Gasteiger partial charge in [-0.2, -0.15) is 0 Å². The van der Waals surface area contributed by atoms with Crippen LogP contribution in [-0.4, -0.2) is 36.9 Å². The molecule has 1 atom stereocenters. The molecule has 0 heterocycles. The van der Waals surface area contributed by atoms with Crippen molar-refractivity contribution < 1.29 is 24.2 Å². The van der Waals surface area contributed by atoms with Crippen LogP contribution in [0.1, 0.15) is 27.6 Å². The number of carbonyl (C=O) groups excluding carboxylic acids is 2. The van der Waals surface area contributed by atoms with E-state index in [9.17, 15) is 14.7 Å². The van der Waals surface area contributed by atoms with Crippen LogP contribution in [0.3, 0.4) is 0 Å². The van der Waals surface area contributed by atoms with Crippen LogP contribution < -0.4 is 0 Å². The molecule has 1 rings (SSSR count). The third-order valence-electron chi connectivity index (χ3n) is 2.13. The third kappa shape index (κ3) is 3.37. The number of aliphatic hydroxyl groups is 1. The van der Waals surface area contributed by atoms with Gasteiger partial charge in [-0.15, -0.1) is 0 Å². The second-order valence-corrected chi connectivity index (χ2v) is 3.25. The first-order chi connectivity index (χ1) is 8.10. The fourth-order valence-electron chi connectivity index (χ4n) is 1.23. The lowest BCUT2D eigenvalue weighted by Gasteiger charge is -2.07. The smallest absolute Gasteiger partial charge is 0.338 e. The Labute approximate surface area is 99.0 Å². The average Bonchev–Trinajstić information content (AvgIpc) is 2.37. The van der Waals surface area contributed by atoms with Gasteiger partial charge in [0.1, 0.15) is 0 Å². The molecule has 5 heteroatoms. The number of esters is 1. The molecule has 1 N–H and O–H groups in total. The maximum Gasteiger partial charge on any atom is 0.338 e. The molecule has 1 unspecified atom stereocenters. The molecule has 0 saturated carbocycles. The Balaban J connectivity index is 2.81. The lowest BCUT2D eigenvalue weighted by atomic mass is 10.1. The van der Waals surface area contributed by atoms with Gasteiger partial charge in [0.15, 0.2) is 0 Å². The molecule has 92 valence electrons. The van der Waals surface area contributed by atoms with Crippen molar-refractivity contribution in [3.05, 3.63) is 35.4 Å². The Hall–Kier alpha value is -1.72. The molecule has 0 radical (unpaired) electrons. The minimum absolute atomic E-state index is 0.271. The highest BCUT2D eigenvalue weighted by atomic mass is 16.6. The lowest BCUT2D eigenvalue weighted by molar-refractivity contribution is -0.0483. The first-order valence-corrected chi connectivity index (χ1v) is 5.12. The van der Waals surface area contributed by atoms with E-state index in [-0.39, 0.29) is 5.56 Å². The van der Waals surface area contributed by atoms with Crippen molar-refractivity contribution in [2.75, 3.05) is 13.7 Å².